The number of para-hydroxylation sites is 5. The number of carbonyl (C=O) groups is 4. The van der Waals surface area contributed by atoms with Gasteiger partial charge >= 0.3 is 63.3 Å². The van der Waals surface area contributed by atoms with Crippen LogP contribution < -0.4 is 61.9 Å². The number of aromatic hydroxyl groups is 4. The average Bonchev–Trinajstić information content (AvgIpc) is 3.37. The molecule has 0 heterocycles. The van der Waals surface area contributed by atoms with Gasteiger partial charge in [-0.15, -0.1) is 0 Å². The molecule has 0 amide bonds. The van der Waals surface area contributed by atoms with Crippen molar-refractivity contribution in [2.24, 2.45) is 5.73 Å². The quantitative estimate of drug-likeness (QED) is 0.0212. The van der Waals surface area contributed by atoms with Crippen molar-refractivity contribution in [3.8, 4) is 34.8 Å². The Morgan fingerprint density at radius 2 is 0.943 bits per heavy atom. The number of nitrogens with two attached hydrogens (primary N) is 1. The van der Waals surface area contributed by atoms with Gasteiger partial charge in [-0.25, -0.2) is 0 Å². The third-order valence-corrected chi connectivity index (χ3v) is 6.55. The summed E-state index contributed by atoms with van der Waals surface area (Å²) in [7, 11) is 0. The summed E-state index contributed by atoms with van der Waals surface area (Å²) < 4.78 is 9.77. The zero-order chi connectivity index (χ0) is 55.0. The van der Waals surface area contributed by atoms with Crippen molar-refractivity contribution >= 4 is 35.1 Å². The van der Waals surface area contributed by atoms with E-state index in [1.807, 2.05) is 87.4 Å². The van der Waals surface area contributed by atoms with Gasteiger partial charge in [-0.1, -0.05) is 154 Å². The van der Waals surface area contributed by atoms with Crippen molar-refractivity contribution in [1.82, 2.24) is 0 Å². The molecular formula is C54H77ClKN3O11. The topological polar surface area (TPSA) is 261 Å². The number of nitrogens with zero attached hydrogens (tertiary/aromatic N) is 2. The number of phenolic OH excluding ortho intramolecular Hbond substituents is 3. The van der Waals surface area contributed by atoms with E-state index >= 15 is 0 Å². The van der Waals surface area contributed by atoms with Crippen LogP contribution in [-0.4, -0.2) is 55.5 Å². The Bertz CT molecular complexity index is 2060. The Labute approximate surface area is 466 Å². The van der Waals surface area contributed by atoms with Crippen LogP contribution in [0.1, 0.15) is 123 Å². The molecule has 7 N–H and O–H groups in total. The van der Waals surface area contributed by atoms with E-state index in [9.17, 15) is 24.3 Å². The van der Waals surface area contributed by atoms with E-state index in [-0.39, 0.29) is 99.5 Å². The normalized spacial score (nSPS) is 7.84. The SMILES string of the molecule is CC.CC.CC.CC.CC.CC(=O)Cl.CC(=O)OCc1ccccc1OC(C)=O.N#CCc1ccccc1O.NCCc1ccccc1O.O=Cc1ccccc1O.OCc1ccccc1O.[C-]#N.[K+]. The summed E-state index contributed by atoms with van der Waals surface area (Å²) in [4.78, 5) is 40.7. The van der Waals surface area contributed by atoms with E-state index in [4.69, 9.17) is 52.7 Å². The molecule has 14 nitrogen and oxygen atoms in total. The van der Waals surface area contributed by atoms with Gasteiger partial charge in [-0.05, 0) is 66.5 Å². The molecule has 5 aromatic carbocycles. The molecule has 5 rings (SSSR count). The van der Waals surface area contributed by atoms with Gasteiger partial charge in [-0.2, -0.15) is 5.26 Å². The van der Waals surface area contributed by atoms with Crippen LogP contribution in [0.2, 0.25) is 0 Å². The molecule has 0 aliphatic carbocycles. The molecule has 0 spiro atoms. The second-order valence-corrected chi connectivity index (χ2v) is 11.6. The fourth-order valence-corrected chi connectivity index (χ4v) is 3.91. The minimum Gasteiger partial charge on any atom is -0.512 e. The monoisotopic (exact) mass is 1020 g/mol. The predicted molar refractivity (Wildman–Crippen MR) is 277 cm³/mol. The summed E-state index contributed by atoms with van der Waals surface area (Å²) >= 11 is 4.64. The molecule has 0 atom stereocenters. The van der Waals surface area contributed by atoms with Crippen molar-refractivity contribution in [3.05, 3.63) is 156 Å². The number of carbonyl (C=O) groups excluding carboxylic acids is 4. The van der Waals surface area contributed by atoms with Gasteiger partial charge in [0.15, 0.2) is 6.29 Å². The molecule has 16 heteroatoms. The van der Waals surface area contributed by atoms with Gasteiger partial charge in [0.25, 0.3) is 0 Å². The number of benzene rings is 5. The van der Waals surface area contributed by atoms with E-state index in [1.54, 1.807) is 103 Å². The maximum atomic E-state index is 10.8. The van der Waals surface area contributed by atoms with Crippen LogP contribution in [0.5, 0.6) is 28.7 Å². The number of halogens is 1. The summed E-state index contributed by atoms with van der Waals surface area (Å²) in [5, 5.41) is 58.8. The molecular weight excluding hydrogens is 941 g/mol. The minimum atomic E-state index is -0.398. The number of esters is 2. The van der Waals surface area contributed by atoms with E-state index in [0.717, 1.165) is 12.0 Å². The second kappa shape index (κ2) is 63.4. The van der Waals surface area contributed by atoms with Gasteiger partial charge in [0.2, 0.25) is 5.24 Å². The van der Waals surface area contributed by atoms with Crippen LogP contribution in [0, 0.1) is 23.2 Å². The summed E-state index contributed by atoms with van der Waals surface area (Å²) in [5.74, 6) is 0.383. The molecule has 0 bridgehead atoms. The average molecular weight is 1020 g/mol. The molecule has 0 aromatic heterocycles. The molecule has 0 saturated carbocycles. The summed E-state index contributed by atoms with van der Waals surface area (Å²) in [6.07, 6.45) is 1.63. The largest absolute Gasteiger partial charge is 1.00 e. The number of aldehydes is 1. The second-order valence-electron chi connectivity index (χ2n) is 11.0. The Morgan fingerprint density at radius 1 is 0.600 bits per heavy atom. The van der Waals surface area contributed by atoms with Crippen LogP contribution in [-0.2, 0) is 45.2 Å². The van der Waals surface area contributed by atoms with Crippen LogP contribution in [0.3, 0.4) is 0 Å². The first kappa shape index (κ1) is 81.4. The van der Waals surface area contributed by atoms with E-state index < -0.39 is 5.97 Å². The first-order valence-electron chi connectivity index (χ1n) is 22.2. The van der Waals surface area contributed by atoms with Crippen molar-refractivity contribution in [1.29, 1.82) is 10.5 Å². The first-order chi connectivity index (χ1) is 33.2. The number of hydrogen-bond donors (Lipinski definition) is 6. The standard InChI is InChI=1S/C11H12O4.C8H11NO.C8H7NO.C7H8O2.C7H6O2.C2H3ClO.5C2H6.CN.K/c1-8(12)14-7-10-5-3-4-6-11(10)15-9(2)13;2*9-6-5-7-3-1-2-4-8(7)10;2*8-5-6-3-1-2-4-7(6)9;1-2(3)4;6*1-2;/h3-6H,7H2,1-2H3;1-4,10H,5-6,9H2;1-4,10H,5H2;1-4,8-9H,5H2;1-5,9H;1H3;5*1-2H3;;/q;;;;;;;;;;;-1;+1. The van der Waals surface area contributed by atoms with Crippen molar-refractivity contribution in [2.45, 2.75) is 116 Å². The van der Waals surface area contributed by atoms with Gasteiger partial charge in [0.1, 0.15) is 35.4 Å². The minimum absolute atomic E-state index is 0. The van der Waals surface area contributed by atoms with E-state index in [0.29, 0.717) is 46.6 Å². The maximum Gasteiger partial charge on any atom is 1.00 e. The molecule has 0 saturated heterocycles. The molecule has 0 aliphatic heterocycles. The molecule has 0 radical (unpaired) electrons. The van der Waals surface area contributed by atoms with Gasteiger partial charge < -0.3 is 52.6 Å². The number of aliphatic hydroxyl groups excluding tert-OH is 1. The fraction of sp³-hybridized carbons (Fsp3) is 0.333. The van der Waals surface area contributed by atoms with E-state index in [2.05, 4.69) is 11.6 Å². The summed E-state index contributed by atoms with van der Waals surface area (Å²) in [6, 6.07) is 36.1. The Hall–Kier alpha value is -5.59. The zero-order valence-electron chi connectivity index (χ0n) is 43.7. The molecule has 70 heavy (non-hydrogen) atoms. The van der Waals surface area contributed by atoms with Gasteiger partial charge in [0.05, 0.1) is 24.7 Å². The molecule has 0 fully saturated rings. The maximum absolute atomic E-state index is 10.8. The molecule has 0 aliphatic rings. The van der Waals surface area contributed by atoms with E-state index in [1.165, 1.54) is 26.8 Å². The Balaban J connectivity index is -0.000000107. The van der Waals surface area contributed by atoms with Gasteiger partial charge in [-0.3, -0.25) is 19.2 Å². The van der Waals surface area contributed by atoms with Crippen LogP contribution in [0.15, 0.2) is 121 Å². The van der Waals surface area contributed by atoms with Crippen LogP contribution in [0.4, 0.5) is 0 Å². The van der Waals surface area contributed by atoms with Crippen molar-refractivity contribution in [3.63, 3.8) is 0 Å². The number of hydrogen-bond acceptors (Lipinski definition) is 14. The van der Waals surface area contributed by atoms with Crippen LogP contribution in [0.25, 0.3) is 0 Å². The third-order valence-electron chi connectivity index (χ3n) is 6.55. The molecule has 0 unspecified atom stereocenters. The van der Waals surface area contributed by atoms with Crippen LogP contribution >= 0.6 is 11.6 Å². The fourth-order valence-electron chi connectivity index (χ4n) is 3.91. The summed E-state index contributed by atoms with van der Waals surface area (Å²) in [5.41, 5.74) is 8.49. The zero-order valence-corrected chi connectivity index (χ0v) is 47.6. The predicted octanol–water partition coefficient (Wildman–Crippen LogP) is 9.12. The number of rotatable bonds is 8. The number of phenols is 4. The first-order valence-corrected chi connectivity index (χ1v) is 22.6. The number of nitriles is 1. The summed E-state index contributed by atoms with van der Waals surface area (Å²) in [6.45, 7) is 29.3. The Kier molecular flexibility index (Phi) is 73.7. The number of ether oxygens (including phenoxy) is 2. The van der Waals surface area contributed by atoms with Crippen molar-refractivity contribution in [2.75, 3.05) is 6.54 Å². The van der Waals surface area contributed by atoms with Gasteiger partial charge in [0, 0.05) is 37.5 Å². The Morgan fingerprint density at radius 3 is 1.24 bits per heavy atom. The third kappa shape index (κ3) is 50.3. The smallest absolute Gasteiger partial charge is 0.512 e. The molecule has 382 valence electrons. The number of aliphatic hydroxyl groups is 1. The van der Waals surface area contributed by atoms with Crippen molar-refractivity contribution < 1.29 is 106 Å². The molecule has 5 aromatic rings.